The number of nitrogens with one attached hydrogen (secondary N) is 2. The van der Waals surface area contributed by atoms with Gasteiger partial charge in [-0.3, -0.25) is 4.79 Å². The Morgan fingerprint density at radius 2 is 1.35 bits per heavy atom. The predicted octanol–water partition coefficient (Wildman–Crippen LogP) is 4.10. The van der Waals surface area contributed by atoms with Gasteiger partial charge < -0.3 is 14.8 Å². The number of ether oxygens (including phenoxy) is 2. The third kappa shape index (κ3) is 6.59. The Balaban J connectivity index is 1.82. The molecule has 3 aromatic carbocycles. The van der Waals surface area contributed by atoms with E-state index in [0.717, 1.165) is 22.6 Å². The van der Waals surface area contributed by atoms with Crippen LogP contribution in [0.2, 0.25) is 0 Å². The van der Waals surface area contributed by atoms with E-state index in [-0.39, 0.29) is 22.9 Å². The van der Waals surface area contributed by atoms with Crippen molar-refractivity contribution in [2.75, 3.05) is 14.2 Å². The molecule has 0 aliphatic heterocycles. The molecule has 1 atom stereocenters. The molecule has 0 saturated heterocycles. The number of amides is 1. The number of carbonyl (C=O) groups is 1. The number of hydrogen-bond donors (Lipinski definition) is 2. The van der Waals surface area contributed by atoms with Crippen molar-refractivity contribution in [3.8, 4) is 11.5 Å². The molecule has 3 rings (SSSR count). The molecule has 8 heteroatoms. The highest BCUT2D eigenvalue weighted by molar-refractivity contribution is 7.89. The van der Waals surface area contributed by atoms with Crippen LogP contribution in [-0.2, 0) is 16.4 Å². The van der Waals surface area contributed by atoms with Crippen molar-refractivity contribution < 1.29 is 22.7 Å². The van der Waals surface area contributed by atoms with Gasteiger partial charge in [0.1, 0.15) is 11.5 Å². The topological polar surface area (TPSA) is 93.7 Å². The lowest BCUT2D eigenvalue weighted by atomic mass is 9.98. The summed E-state index contributed by atoms with van der Waals surface area (Å²) in [6, 6.07) is 20.6. The smallest absolute Gasteiger partial charge is 0.251 e. The van der Waals surface area contributed by atoms with E-state index in [1.807, 2.05) is 48.5 Å². The van der Waals surface area contributed by atoms with Crippen molar-refractivity contribution in [1.29, 1.82) is 0 Å². The van der Waals surface area contributed by atoms with Crippen molar-refractivity contribution in [2.24, 2.45) is 0 Å². The Morgan fingerprint density at radius 1 is 0.824 bits per heavy atom. The summed E-state index contributed by atoms with van der Waals surface area (Å²) in [4.78, 5) is 13.2. The van der Waals surface area contributed by atoms with Gasteiger partial charge in [-0.15, -0.1) is 0 Å². The lowest BCUT2D eigenvalue weighted by Gasteiger charge is -2.20. The molecule has 0 spiro atoms. The fourth-order valence-electron chi connectivity index (χ4n) is 3.49. The van der Waals surface area contributed by atoms with Crippen LogP contribution in [0.5, 0.6) is 11.5 Å². The van der Waals surface area contributed by atoms with Gasteiger partial charge in [-0.1, -0.05) is 24.3 Å². The fourth-order valence-corrected chi connectivity index (χ4v) is 4.74. The normalized spacial score (nSPS) is 12.3. The van der Waals surface area contributed by atoms with Crippen LogP contribution in [0.15, 0.2) is 77.7 Å². The molecule has 7 nitrogen and oxygen atoms in total. The number of methoxy groups -OCH3 is 2. The first-order valence-electron chi connectivity index (χ1n) is 10.9. The van der Waals surface area contributed by atoms with Crippen LogP contribution in [0.3, 0.4) is 0 Å². The van der Waals surface area contributed by atoms with Gasteiger partial charge >= 0.3 is 0 Å². The van der Waals surface area contributed by atoms with E-state index in [4.69, 9.17) is 9.47 Å². The second-order valence-corrected chi connectivity index (χ2v) is 9.87. The number of hydrogen-bond acceptors (Lipinski definition) is 5. The summed E-state index contributed by atoms with van der Waals surface area (Å²) in [5, 5.41) is 3.08. The van der Waals surface area contributed by atoms with Crippen LogP contribution < -0.4 is 19.5 Å². The minimum Gasteiger partial charge on any atom is -0.497 e. The molecule has 0 saturated carbocycles. The Kier molecular flexibility index (Phi) is 8.31. The third-order valence-corrected chi connectivity index (χ3v) is 6.91. The molecule has 180 valence electrons. The summed E-state index contributed by atoms with van der Waals surface area (Å²) in [5.41, 5.74) is 2.32. The van der Waals surface area contributed by atoms with Crippen molar-refractivity contribution >= 4 is 15.9 Å². The number of benzene rings is 3. The van der Waals surface area contributed by atoms with E-state index in [1.165, 1.54) is 24.3 Å². The molecular weight excluding hydrogens is 452 g/mol. The van der Waals surface area contributed by atoms with E-state index >= 15 is 0 Å². The molecule has 0 bridgehead atoms. The van der Waals surface area contributed by atoms with Crippen LogP contribution in [0.4, 0.5) is 0 Å². The average molecular weight is 483 g/mol. The zero-order valence-corrected chi connectivity index (χ0v) is 20.6. The van der Waals surface area contributed by atoms with Gasteiger partial charge in [0, 0.05) is 11.6 Å². The van der Waals surface area contributed by atoms with Crippen molar-refractivity contribution in [1.82, 2.24) is 10.0 Å². The Hall–Kier alpha value is -3.36. The summed E-state index contributed by atoms with van der Waals surface area (Å²) in [7, 11) is -0.406. The first-order valence-corrected chi connectivity index (χ1v) is 12.4. The molecule has 0 heterocycles. The maximum absolute atomic E-state index is 13.1. The van der Waals surface area contributed by atoms with E-state index in [9.17, 15) is 13.2 Å². The number of carbonyl (C=O) groups excluding carboxylic acids is 1. The van der Waals surface area contributed by atoms with Crippen LogP contribution >= 0.6 is 0 Å². The van der Waals surface area contributed by atoms with E-state index < -0.39 is 10.0 Å². The van der Waals surface area contributed by atoms with Crippen LogP contribution in [-0.4, -0.2) is 34.6 Å². The molecular formula is C26H30N2O5S. The Morgan fingerprint density at radius 3 is 1.85 bits per heavy atom. The van der Waals surface area contributed by atoms with E-state index in [2.05, 4.69) is 10.0 Å². The average Bonchev–Trinajstić information content (AvgIpc) is 2.83. The maximum Gasteiger partial charge on any atom is 0.251 e. The maximum atomic E-state index is 13.1. The Bertz CT molecular complexity index is 1190. The minimum absolute atomic E-state index is 0.114. The van der Waals surface area contributed by atoms with Gasteiger partial charge in [0.25, 0.3) is 5.91 Å². The number of rotatable bonds is 10. The first kappa shape index (κ1) is 25.3. The zero-order valence-electron chi connectivity index (χ0n) is 19.7. The van der Waals surface area contributed by atoms with Crippen LogP contribution in [0, 0.1) is 0 Å². The second-order valence-electron chi connectivity index (χ2n) is 8.15. The van der Waals surface area contributed by atoms with Crippen molar-refractivity contribution in [3.05, 3.63) is 89.5 Å². The van der Waals surface area contributed by atoms with E-state index in [0.29, 0.717) is 12.0 Å². The summed E-state index contributed by atoms with van der Waals surface area (Å²) < 4.78 is 37.7. The quantitative estimate of drug-likeness (QED) is 0.454. The SMILES string of the molecule is COc1ccc(C[C@@H](NC(=O)c2ccc(S(=O)(=O)NC(C)C)cc2)c2ccc(OC)cc2)cc1. The monoisotopic (exact) mass is 482 g/mol. The predicted molar refractivity (Wildman–Crippen MR) is 132 cm³/mol. The summed E-state index contributed by atoms with van der Waals surface area (Å²) >= 11 is 0. The molecule has 1 amide bonds. The van der Waals surface area contributed by atoms with Gasteiger partial charge in [0.15, 0.2) is 0 Å². The highest BCUT2D eigenvalue weighted by atomic mass is 32.2. The first-order chi connectivity index (χ1) is 16.2. The lowest BCUT2D eigenvalue weighted by molar-refractivity contribution is 0.0936. The van der Waals surface area contributed by atoms with Crippen LogP contribution in [0.25, 0.3) is 0 Å². The molecule has 0 aliphatic carbocycles. The molecule has 34 heavy (non-hydrogen) atoms. The van der Waals surface area contributed by atoms with Crippen LogP contribution in [0.1, 0.15) is 41.4 Å². The minimum atomic E-state index is -3.62. The number of sulfonamides is 1. The molecule has 0 fully saturated rings. The molecule has 3 aromatic rings. The van der Waals surface area contributed by atoms with Crippen molar-refractivity contribution in [2.45, 2.75) is 37.2 Å². The third-order valence-electron chi connectivity index (χ3n) is 5.24. The lowest BCUT2D eigenvalue weighted by Crippen LogP contribution is -2.31. The highest BCUT2D eigenvalue weighted by Crippen LogP contribution is 2.23. The second kappa shape index (κ2) is 11.2. The van der Waals surface area contributed by atoms with Crippen molar-refractivity contribution in [3.63, 3.8) is 0 Å². The molecule has 2 N–H and O–H groups in total. The fraction of sp³-hybridized carbons (Fsp3) is 0.269. The molecule has 0 unspecified atom stereocenters. The molecule has 0 aromatic heterocycles. The molecule has 0 aliphatic rings. The summed E-state index contributed by atoms with van der Waals surface area (Å²) in [5.74, 6) is 1.19. The summed E-state index contributed by atoms with van der Waals surface area (Å²) in [6.45, 7) is 3.50. The summed E-state index contributed by atoms with van der Waals surface area (Å²) in [6.07, 6.45) is 0.562. The van der Waals surface area contributed by atoms with E-state index in [1.54, 1.807) is 28.1 Å². The standard InChI is InChI=1S/C26H30N2O5S/c1-18(2)28-34(30,31)24-15-9-21(10-16-24)26(29)27-25(20-7-13-23(33-4)14-8-20)17-19-5-11-22(32-3)12-6-19/h5-16,18,25,28H,17H2,1-4H3,(H,27,29)/t25-/m1/s1. The Labute approximate surface area is 201 Å². The van der Waals surface area contributed by atoms with Gasteiger partial charge in [-0.2, -0.15) is 0 Å². The zero-order chi connectivity index (χ0) is 24.7. The van der Waals surface area contributed by atoms with Gasteiger partial charge in [-0.25, -0.2) is 13.1 Å². The highest BCUT2D eigenvalue weighted by Gasteiger charge is 2.19. The molecule has 0 radical (unpaired) electrons. The van der Waals surface area contributed by atoms with Gasteiger partial charge in [0.2, 0.25) is 10.0 Å². The van der Waals surface area contributed by atoms with Gasteiger partial charge in [-0.05, 0) is 79.9 Å². The largest absolute Gasteiger partial charge is 0.497 e. The van der Waals surface area contributed by atoms with Gasteiger partial charge in [0.05, 0.1) is 25.2 Å².